The number of aryl methyl sites for hydroxylation is 1. The van der Waals surface area contributed by atoms with E-state index < -0.39 is 0 Å². The lowest BCUT2D eigenvalue weighted by atomic mass is 10.1. The zero-order valence-electron chi connectivity index (χ0n) is 8.23. The summed E-state index contributed by atoms with van der Waals surface area (Å²) in [6, 6.07) is 0. The van der Waals surface area contributed by atoms with Gasteiger partial charge < -0.3 is 5.73 Å². The zero-order chi connectivity index (χ0) is 10.1. The first-order valence-corrected chi connectivity index (χ1v) is 4.67. The van der Waals surface area contributed by atoms with Gasteiger partial charge in [-0.05, 0) is 0 Å². The van der Waals surface area contributed by atoms with Crippen LogP contribution in [0.2, 0.25) is 0 Å². The van der Waals surface area contributed by atoms with E-state index in [1.165, 1.54) is 11.3 Å². The molecule has 1 aliphatic heterocycles. The van der Waals surface area contributed by atoms with Gasteiger partial charge in [0.1, 0.15) is 0 Å². The first-order valence-electron chi connectivity index (χ1n) is 4.67. The van der Waals surface area contributed by atoms with Crippen molar-refractivity contribution in [1.82, 2.24) is 14.7 Å². The molecular weight excluding hydrogens is 180 g/mol. The first kappa shape index (κ1) is 9.21. The molecule has 14 heavy (non-hydrogen) atoms. The number of carbonyl (C=O) groups excluding carboxylic acids is 1. The molecule has 2 N–H and O–H groups in total. The van der Waals surface area contributed by atoms with Crippen molar-refractivity contribution in [3.05, 3.63) is 17.5 Å². The lowest BCUT2D eigenvalue weighted by molar-refractivity contribution is -0.119. The smallest absolute Gasteiger partial charge is 0.231 e. The molecule has 2 heterocycles. The molecule has 1 amide bonds. The molecule has 0 radical (unpaired) electrons. The lowest BCUT2D eigenvalue weighted by Crippen LogP contribution is -2.37. The van der Waals surface area contributed by atoms with Crippen molar-refractivity contribution in [3.8, 4) is 0 Å². The lowest BCUT2D eigenvalue weighted by Gasteiger charge is -2.25. The van der Waals surface area contributed by atoms with Crippen LogP contribution in [0.15, 0.2) is 6.20 Å². The highest BCUT2D eigenvalue weighted by atomic mass is 16.1. The van der Waals surface area contributed by atoms with Gasteiger partial charge in [0.25, 0.3) is 0 Å². The second kappa shape index (κ2) is 3.42. The Kier molecular flexibility index (Phi) is 2.25. The Morgan fingerprint density at radius 1 is 1.71 bits per heavy atom. The highest BCUT2D eigenvalue weighted by Crippen LogP contribution is 2.16. The molecule has 1 aliphatic rings. The van der Waals surface area contributed by atoms with Crippen molar-refractivity contribution in [2.75, 3.05) is 13.1 Å². The van der Waals surface area contributed by atoms with Gasteiger partial charge in [-0.25, -0.2) is 0 Å². The van der Waals surface area contributed by atoms with Gasteiger partial charge in [-0.1, -0.05) is 0 Å². The molecule has 0 spiro atoms. The van der Waals surface area contributed by atoms with Crippen LogP contribution in [0.4, 0.5) is 0 Å². The number of nitrogens with two attached hydrogens (primary N) is 1. The van der Waals surface area contributed by atoms with Crippen molar-refractivity contribution < 1.29 is 4.79 Å². The molecule has 0 aliphatic carbocycles. The Labute approximate surface area is 82.5 Å². The quantitative estimate of drug-likeness (QED) is 0.674. The van der Waals surface area contributed by atoms with Crippen molar-refractivity contribution in [1.29, 1.82) is 0 Å². The first-order chi connectivity index (χ1) is 6.66. The van der Waals surface area contributed by atoms with E-state index in [-0.39, 0.29) is 5.91 Å². The van der Waals surface area contributed by atoms with Gasteiger partial charge in [0, 0.05) is 37.8 Å². The fourth-order valence-electron chi connectivity index (χ4n) is 1.90. The molecule has 76 valence electrons. The molecule has 0 atom stereocenters. The molecule has 0 aromatic carbocycles. The maximum atomic E-state index is 10.7. The van der Waals surface area contributed by atoms with E-state index in [1.807, 2.05) is 22.8 Å². The minimum absolute atomic E-state index is 0.266. The summed E-state index contributed by atoms with van der Waals surface area (Å²) in [5.74, 6) is -0.266. The van der Waals surface area contributed by atoms with Crippen LogP contribution in [0.3, 0.4) is 0 Å². The molecule has 2 rings (SSSR count). The third-order valence-corrected chi connectivity index (χ3v) is 2.59. The highest BCUT2D eigenvalue weighted by Gasteiger charge is 2.19. The summed E-state index contributed by atoms with van der Waals surface area (Å²) in [5.41, 5.74) is 7.62. The van der Waals surface area contributed by atoms with E-state index in [1.54, 1.807) is 0 Å². The number of nitrogens with zero attached hydrogens (tertiary/aromatic N) is 3. The summed E-state index contributed by atoms with van der Waals surface area (Å²) in [6.45, 7) is 2.01. The maximum absolute atomic E-state index is 10.7. The Bertz CT molecular complexity index is 358. The second-order valence-electron chi connectivity index (χ2n) is 3.67. The van der Waals surface area contributed by atoms with Crippen LogP contribution in [-0.4, -0.2) is 33.7 Å². The third-order valence-electron chi connectivity index (χ3n) is 2.59. The van der Waals surface area contributed by atoms with Crippen LogP contribution >= 0.6 is 0 Å². The molecule has 1 aromatic rings. The van der Waals surface area contributed by atoms with Gasteiger partial charge in [-0.3, -0.25) is 14.4 Å². The zero-order valence-corrected chi connectivity index (χ0v) is 8.23. The summed E-state index contributed by atoms with van der Waals surface area (Å²) in [6.07, 6.45) is 2.81. The van der Waals surface area contributed by atoms with Crippen LogP contribution < -0.4 is 5.73 Å². The third kappa shape index (κ3) is 1.63. The minimum atomic E-state index is -0.266. The largest absolute Gasteiger partial charge is 0.369 e. The number of fused-ring (bicyclic) bond motifs is 1. The number of carbonyl (C=O) groups is 1. The molecule has 1 aromatic heterocycles. The average molecular weight is 194 g/mol. The molecular formula is C9H14N4O. The number of rotatable bonds is 2. The van der Waals surface area contributed by atoms with Gasteiger partial charge in [0.05, 0.1) is 12.7 Å². The van der Waals surface area contributed by atoms with E-state index in [2.05, 4.69) is 5.10 Å². The number of hydrogen-bond acceptors (Lipinski definition) is 3. The number of aromatic nitrogens is 2. The van der Waals surface area contributed by atoms with Crippen LogP contribution in [0.1, 0.15) is 11.3 Å². The SMILES string of the molecule is Cn1ncc2c1CCN(CC(N)=O)C2. The van der Waals surface area contributed by atoms with Gasteiger partial charge in [-0.2, -0.15) is 5.10 Å². The Balaban J connectivity index is 2.10. The molecule has 0 saturated carbocycles. The maximum Gasteiger partial charge on any atom is 0.231 e. The van der Waals surface area contributed by atoms with Gasteiger partial charge in [-0.15, -0.1) is 0 Å². The molecule has 0 unspecified atom stereocenters. The van der Waals surface area contributed by atoms with E-state index in [0.717, 1.165) is 19.5 Å². The topological polar surface area (TPSA) is 64.2 Å². The molecule has 5 nitrogen and oxygen atoms in total. The summed E-state index contributed by atoms with van der Waals surface area (Å²) >= 11 is 0. The minimum Gasteiger partial charge on any atom is -0.369 e. The van der Waals surface area contributed by atoms with Crippen molar-refractivity contribution >= 4 is 5.91 Å². The summed E-state index contributed by atoms with van der Waals surface area (Å²) < 4.78 is 1.90. The van der Waals surface area contributed by atoms with Gasteiger partial charge in [0.15, 0.2) is 0 Å². The van der Waals surface area contributed by atoms with E-state index in [0.29, 0.717) is 6.54 Å². The fraction of sp³-hybridized carbons (Fsp3) is 0.556. The number of primary amides is 1. The second-order valence-corrected chi connectivity index (χ2v) is 3.67. The summed E-state index contributed by atoms with van der Waals surface area (Å²) in [4.78, 5) is 12.8. The van der Waals surface area contributed by atoms with Crippen LogP contribution in [0.25, 0.3) is 0 Å². The van der Waals surface area contributed by atoms with Gasteiger partial charge >= 0.3 is 0 Å². The fourth-order valence-corrected chi connectivity index (χ4v) is 1.90. The molecule has 5 heteroatoms. The Hall–Kier alpha value is -1.36. The standard InChI is InChI=1S/C9H14N4O/c1-12-8-2-3-13(6-9(10)14)5-7(8)4-11-12/h4H,2-3,5-6H2,1H3,(H2,10,14). The normalized spacial score (nSPS) is 16.6. The predicted octanol–water partition coefficient (Wildman–Crippen LogP) is -0.736. The highest BCUT2D eigenvalue weighted by molar-refractivity contribution is 5.75. The molecule has 0 bridgehead atoms. The van der Waals surface area contributed by atoms with E-state index in [4.69, 9.17) is 5.73 Å². The number of hydrogen-bond donors (Lipinski definition) is 1. The van der Waals surface area contributed by atoms with Crippen LogP contribution in [-0.2, 0) is 24.8 Å². The van der Waals surface area contributed by atoms with Crippen molar-refractivity contribution in [2.45, 2.75) is 13.0 Å². The average Bonchev–Trinajstić information content (AvgIpc) is 2.46. The van der Waals surface area contributed by atoms with Crippen LogP contribution in [0.5, 0.6) is 0 Å². The molecule has 0 saturated heterocycles. The van der Waals surface area contributed by atoms with Gasteiger partial charge in [0.2, 0.25) is 5.91 Å². The summed E-state index contributed by atoms with van der Waals surface area (Å²) in [5, 5.41) is 4.19. The van der Waals surface area contributed by atoms with Crippen molar-refractivity contribution in [3.63, 3.8) is 0 Å². The Morgan fingerprint density at radius 2 is 2.50 bits per heavy atom. The van der Waals surface area contributed by atoms with Crippen molar-refractivity contribution in [2.24, 2.45) is 12.8 Å². The van der Waals surface area contributed by atoms with Crippen LogP contribution in [0, 0.1) is 0 Å². The molecule has 0 fully saturated rings. The Morgan fingerprint density at radius 3 is 3.21 bits per heavy atom. The predicted molar refractivity (Wildman–Crippen MR) is 51.4 cm³/mol. The van der Waals surface area contributed by atoms with E-state index in [9.17, 15) is 4.79 Å². The summed E-state index contributed by atoms with van der Waals surface area (Å²) in [7, 11) is 1.95. The monoisotopic (exact) mass is 194 g/mol. The number of amides is 1. The van der Waals surface area contributed by atoms with E-state index >= 15 is 0 Å².